The van der Waals surface area contributed by atoms with Crippen LogP contribution < -0.4 is 0 Å². The molecule has 1 aromatic heterocycles. The number of allylic oxidation sites excluding steroid dienone is 1. The van der Waals surface area contributed by atoms with Gasteiger partial charge in [-0.2, -0.15) is 0 Å². The largest absolute Gasteiger partial charge is 0.505 e. The van der Waals surface area contributed by atoms with Gasteiger partial charge in [0.15, 0.2) is 17.3 Å². The predicted octanol–water partition coefficient (Wildman–Crippen LogP) is 2.84. The van der Waals surface area contributed by atoms with Gasteiger partial charge in [-0.1, -0.05) is 36.4 Å². The van der Waals surface area contributed by atoms with E-state index < -0.39 is 5.78 Å². The summed E-state index contributed by atoms with van der Waals surface area (Å²) in [7, 11) is 0. The molecule has 0 fully saturated rings. The number of hydrogen-bond acceptors (Lipinski definition) is 4. The summed E-state index contributed by atoms with van der Waals surface area (Å²) in [5.41, 5.74) is 0.888. The molecule has 0 atom stereocenters. The van der Waals surface area contributed by atoms with Crippen molar-refractivity contribution in [3.63, 3.8) is 0 Å². The molecular weight excluding hydrogens is 244 g/mol. The van der Waals surface area contributed by atoms with Crippen LogP contribution in [0.15, 0.2) is 53.2 Å². The second kappa shape index (κ2) is 5.82. The number of carbonyl (C=O) groups is 2. The van der Waals surface area contributed by atoms with Crippen molar-refractivity contribution in [3.8, 4) is 5.75 Å². The zero-order valence-electron chi connectivity index (χ0n) is 10.1. The standard InChI is InChI=1S/C15H12O4/c16-12(7-6-11-4-2-1-3-5-11)8-14(18)15-9-13(17)10-19-15/h1-7,9-10,17H,8H2. The zero-order valence-corrected chi connectivity index (χ0v) is 10.1. The molecule has 0 aliphatic heterocycles. The van der Waals surface area contributed by atoms with Gasteiger partial charge < -0.3 is 9.52 Å². The molecule has 2 aromatic rings. The van der Waals surface area contributed by atoms with E-state index in [1.54, 1.807) is 6.08 Å². The van der Waals surface area contributed by atoms with E-state index in [1.165, 1.54) is 12.1 Å². The Morgan fingerprint density at radius 3 is 2.58 bits per heavy atom. The van der Waals surface area contributed by atoms with E-state index in [4.69, 9.17) is 9.52 Å². The number of benzene rings is 1. The summed E-state index contributed by atoms with van der Waals surface area (Å²) in [6.07, 6.45) is 3.78. The molecule has 96 valence electrons. The van der Waals surface area contributed by atoms with Crippen LogP contribution in [0.25, 0.3) is 6.08 Å². The Bertz CT molecular complexity index is 608. The lowest BCUT2D eigenvalue weighted by atomic mass is 10.1. The first-order valence-corrected chi connectivity index (χ1v) is 5.72. The van der Waals surface area contributed by atoms with Crippen LogP contribution in [0.5, 0.6) is 5.75 Å². The minimum atomic E-state index is -0.456. The van der Waals surface area contributed by atoms with Gasteiger partial charge in [-0.05, 0) is 11.6 Å². The van der Waals surface area contributed by atoms with Gasteiger partial charge >= 0.3 is 0 Å². The molecule has 4 nitrogen and oxygen atoms in total. The first kappa shape index (κ1) is 12.8. The number of Topliss-reactive ketones (excluding diaryl/α,β-unsaturated/α-hetero) is 1. The van der Waals surface area contributed by atoms with Crippen molar-refractivity contribution in [1.29, 1.82) is 0 Å². The minimum absolute atomic E-state index is 0.0149. The molecule has 0 saturated heterocycles. The highest BCUT2D eigenvalue weighted by molar-refractivity contribution is 6.11. The summed E-state index contributed by atoms with van der Waals surface area (Å²) >= 11 is 0. The minimum Gasteiger partial charge on any atom is -0.505 e. The lowest BCUT2D eigenvalue weighted by Gasteiger charge is -1.93. The molecule has 0 saturated carbocycles. The summed E-state index contributed by atoms with van der Waals surface area (Å²) in [6.45, 7) is 0. The van der Waals surface area contributed by atoms with E-state index in [2.05, 4.69) is 0 Å². The first-order chi connectivity index (χ1) is 9.15. The second-order valence-corrected chi connectivity index (χ2v) is 3.98. The molecule has 0 bridgehead atoms. The third kappa shape index (κ3) is 3.67. The summed E-state index contributed by atoms with van der Waals surface area (Å²) in [4.78, 5) is 23.2. The molecule has 2 rings (SSSR count). The molecular formula is C15H12O4. The van der Waals surface area contributed by atoms with E-state index in [0.717, 1.165) is 11.8 Å². The van der Waals surface area contributed by atoms with Crippen molar-refractivity contribution in [2.45, 2.75) is 6.42 Å². The molecule has 0 amide bonds. The third-order valence-electron chi connectivity index (χ3n) is 2.46. The Morgan fingerprint density at radius 2 is 1.95 bits per heavy atom. The van der Waals surface area contributed by atoms with Gasteiger partial charge in [0.2, 0.25) is 5.78 Å². The van der Waals surface area contributed by atoms with Crippen molar-refractivity contribution in [2.24, 2.45) is 0 Å². The Morgan fingerprint density at radius 1 is 1.21 bits per heavy atom. The Labute approximate surface area is 110 Å². The topological polar surface area (TPSA) is 67.5 Å². The number of ketones is 2. The maximum Gasteiger partial charge on any atom is 0.205 e. The van der Waals surface area contributed by atoms with Gasteiger partial charge in [0.25, 0.3) is 0 Å². The SMILES string of the molecule is O=C(C=Cc1ccccc1)CC(=O)c1cc(O)co1. The van der Waals surface area contributed by atoms with Crippen LogP contribution >= 0.6 is 0 Å². The number of hydrogen-bond donors (Lipinski definition) is 1. The number of aromatic hydroxyl groups is 1. The van der Waals surface area contributed by atoms with Gasteiger partial charge in [0.05, 0.1) is 6.42 Å². The number of rotatable bonds is 5. The monoisotopic (exact) mass is 256 g/mol. The summed E-state index contributed by atoms with van der Waals surface area (Å²) in [5.74, 6) is -0.914. The van der Waals surface area contributed by atoms with Gasteiger partial charge in [0.1, 0.15) is 6.26 Å². The third-order valence-corrected chi connectivity index (χ3v) is 2.46. The Hall–Kier alpha value is -2.62. The first-order valence-electron chi connectivity index (χ1n) is 5.72. The average Bonchev–Trinajstić information content (AvgIpc) is 2.84. The zero-order chi connectivity index (χ0) is 13.7. The molecule has 0 aliphatic carbocycles. The van der Waals surface area contributed by atoms with Crippen LogP contribution in [0.4, 0.5) is 0 Å². The van der Waals surface area contributed by atoms with Crippen molar-refractivity contribution in [1.82, 2.24) is 0 Å². The average molecular weight is 256 g/mol. The quantitative estimate of drug-likeness (QED) is 0.507. The molecule has 19 heavy (non-hydrogen) atoms. The maximum atomic E-state index is 11.6. The normalized spacial score (nSPS) is 10.7. The lowest BCUT2D eigenvalue weighted by molar-refractivity contribution is -0.113. The van der Waals surface area contributed by atoms with Crippen molar-refractivity contribution >= 4 is 17.6 Å². The van der Waals surface area contributed by atoms with Crippen LogP contribution in [0.3, 0.4) is 0 Å². The molecule has 0 spiro atoms. The van der Waals surface area contributed by atoms with E-state index in [-0.39, 0.29) is 23.7 Å². The highest BCUT2D eigenvalue weighted by Gasteiger charge is 2.13. The second-order valence-electron chi connectivity index (χ2n) is 3.98. The molecule has 1 N–H and O–H groups in total. The van der Waals surface area contributed by atoms with Gasteiger partial charge in [-0.3, -0.25) is 9.59 Å². The van der Waals surface area contributed by atoms with E-state index in [9.17, 15) is 9.59 Å². The molecule has 0 unspecified atom stereocenters. The smallest absolute Gasteiger partial charge is 0.205 e. The fourth-order valence-electron chi connectivity index (χ4n) is 1.53. The molecule has 0 aliphatic rings. The van der Waals surface area contributed by atoms with E-state index >= 15 is 0 Å². The van der Waals surface area contributed by atoms with Crippen LogP contribution in [0, 0.1) is 0 Å². The number of furan rings is 1. The van der Waals surface area contributed by atoms with Crippen LogP contribution in [-0.2, 0) is 4.79 Å². The highest BCUT2D eigenvalue weighted by atomic mass is 16.4. The fourth-order valence-corrected chi connectivity index (χ4v) is 1.53. The van der Waals surface area contributed by atoms with Gasteiger partial charge in [-0.15, -0.1) is 0 Å². The molecule has 1 aromatic carbocycles. The fraction of sp³-hybridized carbons (Fsp3) is 0.0667. The highest BCUT2D eigenvalue weighted by Crippen LogP contribution is 2.15. The summed E-state index contributed by atoms with van der Waals surface area (Å²) < 4.78 is 4.81. The molecule has 1 heterocycles. The summed E-state index contributed by atoms with van der Waals surface area (Å²) in [6, 6.07) is 10.5. The van der Waals surface area contributed by atoms with Crippen LogP contribution in [0.1, 0.15) is 22.5 Å². The molecule has 0 radical (unpaired) electrons. The van der Waals surface area contributed by atoms with Crippen molar-refractivity contribution in [2.75, 3.05) is 0 Å². The van der Waals surface area contributed by atoms with Crippen molar-refractivity contribution in [3.05, 3.63) is 60.1 Å². The van der Waals surface area contributed by atoms with Gasteiger partial charge in [-0.25, -0.2) is 0 Å². The number of carbonyl (C=O) groups excluding carboxylic acids is 2. The molecule has 4 heteroatoms. The van der Waals surface area contributed by atoms with Crippen LogP contribution in [0.2, 0.25) is 0 Å². The van der Waals surface area contributed by atoms with E-state index in [1.807, 2.05) is 30.3 Å². The Balaban J connectivity index is 1.95. The van der Waals surface area contributed by atoms with E-state index in [0.29, 0.717) is 0 Å². The lowest BCUT2D eigenvalue weighted by Crippen LogP contribution is -2.04. The summed E-state index contributed by atoms with van der Waals surface area (Å²) in [5, 5.41) is 9.04. The van der Waals surface area contributed by atoms with Crippen LogP contribution in [-0.4, -0.2) is 16.7 Å². The van der Waals surface area contributed by atoms with Gasteiger partial charge in [0, 0.05) is 6.07 Å². The predicted molar refractivity (Wildman–Crippen MR) is 69.8 cm³/mol. The van der Waals surface area contributed by atoms with Crippen molar-refractivity contribution < 1.29 is 19.1 Å². The Kier molecular flexibility index (Phi) is 3.93. The maximum absolute atomic E-state index is 11.6.